The van der Waals surface area contributed by atoms with Crippen LogP contribution in [0.4, 0.5) is 0 Å². The van der Waals surface area contributed by atoms with Crippen LogP contribution in [0.1, 0.15) is 11.2 Å². The van der Waals surface area contributed by atoms with Crippen molar-refractivity contribution in [2.75, 3.05) is 0 Å². The van der Waals surface area contributed by atoms with Gasteiger partial charge in [0, 0.05) is 17.0 Å². The summed E-state index contributed by atoms with van der Waals surface area (Å²) in [5.74, 6) is 0. The van der Waals surface area contributed by atoms with E-state index >= 15 is 0 Å². The summed E-state index contributed by atoms with van der Waals surface area (Å²) in [6, 6.07) is 8.06. The first kappa shape index (κ1) is 12.8. The van der Waals surface area contributed by atoms with Crippen LogP contribution in [-0.2, 0) is 4.57 Å². The number of benzene rings is 1. The number of H-pyrrole nitrogens is 1. The van der Waals surface area contributed by atoms with Gasteiger partial charge in [0.2, 0.25) is 5.56 Å². The molecule has 0 bridgehead atoms. The van der Waals surface area contributed by atoms with E-state index in [1.807, 2.05) is 0 Å². The second-order valence-electron chi connectivity index (χ2n) is 3.90. The molecule has 0 aliphatic rings. The quantitative estimate of drug-likeness (QED) is 0.584. The fourth-order valence-electron chi connectivity index (χ4n) is 1.92. The minimum atomic E-state index is -4.39. The SMILES string of the molecule is C=CC(c1cc(=O)[nH]c2ccccc12)P(=O)(O)O. The molecule has 0 amide bonds. The number of nitrogens with one attached hydrogen (secondary N) is 1. The van der Waals surface area contributed by atoms with Gasteiger partial charge in [0.25, 0.3) is 0 Å². The van der Waals surface area contributed by atoms with Crippen LogP contribution < -0.4 is 5.56 Å². The Morgan fingerprint density at radius 1 is 1.33 bits per heavy atom. The van der Waals surface area contributed by atoms with E-state index in [-0.39, 0.29) is 5.56 Å². The highest BCUT2D eigenvalue weighted by Crippen LogP contribution is 2.53. The lowest BCUT2D eigenvalue weighted by molar-refractivity contribution is 0.366. The number of rotatable bonds is 3. The van der Waals surface area contributed by atoms with Crippen LogP contribution in [-0.4, -0.2) is 14.8 Å². The number of para-hydroxylation sites is 1. The van der Waals surface area contributed by atoms with E-state index in [2.05, 4.69) is 11.6 Å². The molecule has 6 heteroatoms. The van der Waals surface area contributed by atoms with Gasteiger partial charge in [-0.1, -0.05) is 24.3 Å². The van der Waals surface area contributed by atoms with Crippen LogP contribution in [0.5, 0.6) is 0 Å². The average molecular weight is 265 g/mol. The van der Waals surface area contributed by atoms with Gasteiger partial charge in [-0.15, -0.1) is 6.58 Å². The van der Waals surface area contributed by atoms with Gasteiger partial charge >= 0.3 is 7.60 Å². The van der Waals surface area contributed by atoms with E-state index in [9.17, 15) is 19.1 Å². The van der Waals surface area contributed by atoms with Gasteiger partial charge in [-0.3, -0.25) is 9.36 Å². The van der Waals surface area contributed by atoms with Crippen LogP contribution in [0, 0.1) is 0 Å². The van der Waals surface area contributed by atoms with Gasteiger partial charge in [0.15, 0.2) is 0 Å². The summed E-state index contributed by atoms with van der Waals surface area (Å²) < 4.78 is 11.4. The average Bonchev–Trinajstić information content (AvgIpc) is 2.27. The Hall–Kier alpha value is -1.68. The maximum atomic E-state index is 11.5. The smallest absolute Gasteiger partial charge is 0.324 e. The molecule has 1 atom stereocenters. The zero-order valence-corrected chi connectivity index (χ0v) is 10.3. The third kappa shape index (κ3) is 2.29. The predicted molar refractivity (Wildman–Crippen MR) is 69.6 cm³/mol. The summed E-state index contributed by atoms with van der Waals surface area (Å²) in [7, 11) is -4.39. The molecule has 1 aromatic heterocycles. The topological polar surface area (TPSA) is 90.4 Å². The lowest BCUT2D eigenvalue weighted by atomic mass is 10.1. The van der Waals surface area contributed by atoms with E-state index in [0.29, 0.717) is 10.9 Å². The zero-order valence-electron chi connectivity index (χ0n) is 9.41. The second kappa shape index (κ2) is 4.53. The molecule has 2 rings (SSSR count). The number of hydrogen-bond acceptors (Lipinski definition) is 2. The largest absolute Gasteiger partial charge is 0.336 e. The van der Waals surface area contributed by atoms with Crippen molar-refractivity contribution in [3.63, 3.8) is 0 Å². The van der Waals surface area contributed by atoms with Crippen molar-refractivity contribution in [1.29, 1.82) is 0 Å². The van der Waals surface area contributed by atoms with Gasteiger partial charge in [0.05, 0.1) is 0 Å². The molecule has 94 valence electrons. The Kier molecular flexibility index (Phi) is 3.22. The highest BCUT2D eigenvalue weighted by Gasteiger charge is 2.29. The molecule has 18 heavy (non-hydrogen) atoms. The van der Waals surface area contributed by atoms with Crippen LogP contribution in [0.15, 0.2) is 47.8 Å². The number of aromatic nitrogens is 1. The Balaban J connectivity index is 2.81. The Bertz CT molecular complexity index is 701. The van der Waals surface area contributed by atoms with E-state index in [1.165, 1.54) is 12.1 Å². The summed E-state index contributed by atoms with van der Waals surface area (Å²) in [5.41, 5.74) is -0.744. The number of aromatic amines is 1. The van der Waals surface area contributed by atoms with Crippen molar-refractivity contribution in [2.24, 2.45) is 0 Å². The molecule has 0 saturated heterocycles. The maximum absolute atomic E-state index is 11.5. The minimum absolute atomic E-state index is 0.290. The maximum Gasteiger partial charge on any atom is 0.336 e. The Morgan fingerprint density at radius 2 is 2.00 bits per heavy atom. The molecule has 1 unspecified atom stereocenters. The van der Waals surface area contributed by atoms with Gasteiger partial charge in [-0.25, -0.2) is 0 Å². The number of allylic oxidation sites excluding steroid dienone is 1. The third-order valence-electron chi connectivity index (χ3n) is 2.69. The lowest BCUT2D eigenvalue weighted by Crippen LogP contribution is -2.09. The van der Waals surface area contributed by atoms with Crippen LogP contribution >= 0.6 is 7.60 Å². The Morgan fingerprint density at radius 3 is 2.61 bits per heavy atom. The fraction of sp³-hybridized carbons (Fsp3) is 0.0833. The summed E-state index contributed by atoms with van der Waals surface area (Å²) in [6.07, 6.45) is 1.17. The second-order valence-corrected chi connectivity index (χ2v) is 5.64. The van der Waals surface area contributed by atoms with Gasteiger partial charge in [0.1, 0.15) is 5.66 Å². The standard InChI is InChI=1S/C12H12NO4P/c1-2-11(18(15,16)17)9-7-12(14)13-10-6-4-3-5-8(9)10/h2-7,11H,1H2,(H,13,14)(H2,15,16,17). The van der Waals surface area contributed by atoms with Crippen molar-refractivity contribution in [1.82, 2.24) is 4.98 Å². The van der Waals surface area contributed by atoms with Crippen LogP contribution in [0.3, 0.4) is 0 Å². The van der Waals surface area contributed by atoms with Crippen molar-refractivity contribution in [3.05, 3.63) is 58.9 Å². The number of hydrogen-bond donors (Lipinski definition) is 3. The summed E-state index contributed by atoms with van der Waals surface area (Å²) >= 11 is 0. The highest BCUT2D eigenvalue weighted by atomic mass is 31.2. The fourth-order valence-corrected chi connectivity index (χ4v) is 2.77. The summed E-state index contributed by atoms with van der Waals surface area (Å²) in [5, 5.41) is 0.602. The third-order valence-corrected chi connectivity index (χ3v) is 3.90. The molecule has 5 nitrogen and oxygen atoms in total. The molecule has 2 aromatic rings. The van der Waals surface area contributed by atoms with Crippen LogP contribution in [0.25, 0.3) is 10.9 Å². The molecule has 0 aliphatic carbocycles. The van der Waals surface area contributed by atoms with Gasteiger partial charge < -0.3 is 14.8 Å². The molecule has 0 saturated carbocycles. The van der Waals surface area contributed by atoms with Crippen LogP contribution in [0.2, 0.25) is 0 Å². The monoisotopic (exact) mass is 265 g/mol. The molecule has 0 aliphatic heterocycles. The number of fused-ring (bicyclic) bond motifs is 1. The first-order valence-electron chi connectivity index (χ1n) is 5.23. The normalized spacial score (nSPS) is 13.4. The van der Waals surface area contributed by atoms with E-state index in [0.717, 1.165) is 0 Å². The van der Waals surface area contributed by atoms with Crippen molar-refractivity contribution < 1.29 is 14.4 Å². The molecule has 1 heterocycles. The Labute approximate surface area is 103 Å². The minimum Gasteiger partial charge on any atom is -0.324 e. The highest BCUT2D eigenvalue weighted by molar-refractivity contribution is 7.52. The molecule has 0 fully saturated rings. The number of pyridine rings is 1. The summed E-state index contributed by atoms with van der Waals surface area (Å²) in [6.45, 7) is 3.44. The van der Waals surface area contributed by atoms with E-state index in [4.69, 9.17) is 0 Å². The molecule has 1 aromatic carbocycles. The molecular formula is C12H12NO4P. The summed E-state index contributed by atoms with van der Waals surface area (Å²) in [4.78, 5) is 32.7. The molecule has 0 spiro atoms. The molecule has 3 N–H and O–H groups in total. The van der Waals surface area contributed by atoms with Crippen molar-refractivity contribution >= 4 is 18.5 Å². The van der Waals surface area contributed by atoms with Gasteiger partial charge in [-0.05, 0) is 11.6 Å². The first-order chi connectivity index (χ1) is 8.43. The van der Waals surface area contributed by atoms with E-state index in [1.54, 1.807) is 24.3 Å². The lowest BCUT2D eigenvalue weighted by Gasteiger charge is -2.16. The van der Waals surface area contributed by atoms with E-state index < -0.39 is 18.8 Å². The molecular weight excluding hydrogens is 253 g/mol. The first-order valence-corrected chi connectivity index (χ1v) is 6.91. The van der Waals surface area contributed by atoms with Gasteiger partial charge in [-0.2, -0.15) is 0 Å². The zero-order chi connectivity index (χ0) is 13.3. The van der Waals surface area contributed by atoms with Crippen molar-refractivity contribution in [3.8, 4) is 0 Å². The molecule has 0 radical (unpaired) electrons. The van der Waals surface area contributed by atoms with Crippen molar-refractivity contribution in [2.45, 2.75) is 5.66 Å². The predicted octanol–water partition coefficient (Wildman–Crippen LogP) is 1.93.